The number of nitrogens with one attached hydrogen (secondary N) is 1. The molecule has 0 aromatic rings. The summed E-state index contributed by atoms with van der Waals surface area (Å²) in [6.45, 7) is 3.51. The molecule has 0 saturated carbocycles. The smallest absolute Gasteiger partial charge is 0.407 e. The third-order valence-corrected chi connectivity index (χ3v) is 2.66. The summed E-state index contributed by atoms with van der Waals surface area (Å²) < 4.78 is 0. The summed E-state index contributed by atoms with van der Waals surface area (Å²) >= 11 is 0. The standard InChI is InChI=1S/C7H12N2O2/c10-6(11)9-4-7(5-9)1-2-8-3-7/h8H,1-5H2,(H,10,11). The first-order chi connectivity index (χ1) is 5.22. The molecule has 0 atom stereocenters. The third-order valence-electron chi connectivity index (χ3n) is 2.66. The van der Waals surface area contributed by atoms with Gasteiger partial charge in [0.25, 0.3) is 0 Å². The molecule has 2 aliphatic heterocycles. The van der Waals surface area contributed by atoms with Crippen LogP contribution in [0.2, 0.25) is 0 Å². The van der Waals surface area contributed by atoms with Crippen LogP contribution in [0.3, 0.4) is 0 Å². The van der Waals surface area contributed by atoms with Crippen LogP contribution in [0, 0.1) is 5.41 Å². The van der Waals surface area contributed by atoms with Gasteiger partial charge in [0, 0.05) is 25.0 Å². The molecule has 62 valence electrons. The Kier molecular flexibility index (Phi) is 1.32. The van der Waals surface area contributed by atoms with Crippen molar-refractivity contribution in [3.05, 3.63) is 0 Å². The van der Waals surface area contributed by atoms with Crippen molar-refractivity contribution < 1.29 is 9.90 Å². The minimum Gasteiger partial charge on any atom is -0.465 e. The molecule has 0 aromatic carbocycles. The van der Waals surface area contributed by atoms with Gasteiger partial charge in [-0.15, -0.1) is 0 Å². The topological polar surface area (TPSA) is 52.6 Å². The van der Waals surface area contributed by atoms with Crippen molar-refractivity contribution in [1.29, 1.82) is 0 Å². The van der Waals surface area contributed by atoms with Crippen molar-refractivity contribution in [2.45, 2.75) is 6.42 Å². The minimum atomic E-state index is -0.775. The molecule has 2 rings (SSSR count). The zero-order chi connectivity index (χ0) is 7.90. The zero-order valence-corrected chi connectivity index (χ0v) is 6.34. The van der Waals surface area contributed by atoms with Gasteiger partial charge in [-0.3, -0.25) is 0 Å². The maximum Gasteiger partial charge on any atom is 0.407 e. The highest BCUT2D eigenvalue weighted by atomic mass is 16.4. The number of nitrogens with zero attached hydrogens (tertiary/aromatic N) is 1. The SMILES string of the molecule is O=C(O)N1CC2(CCNC2)C1. The molecule has 2 saturated heterocycles. The van der Waals surface area contributed by atoms with Gasteiger partial charge in [-0.25, -0.2) is 4.79 Å². The Morgan fingerprint density at radius 3 is 2.73 bits per heavy atom. The van der Waals surface area contributed by atoms with E-state index in [-0.39, 0.29) is 0 Å². The largest absolute Gasteiger partial charge is 0.465 e. The van der Waals surface area contributed by atoms with Crippen LogP contribution in [0.5, 0.6) is 0 Å². The Bertz CT molecular complexity index is 179. The van der Waals surface area contributed by atoms with Crippen LogP contribution in [0.15, 0.2) is 0 Å². The minimum absolute atomic E-state index is 0.304. The number of amides is 1. The zero-order valence-electron chi connectivity index (χ0n) is 6.34. The van der Waals surface area contributed by atoms with Gasteiger partial charge in [-0.1, -0.05) is 0 Å². The Morgan fingerprint density at radius 1 is 1.55 bits per heavy atom. The van der Waals surface area contributed by atoms with Gasteiger partial charge in [-0.05, 0) is 13.0 Å². The second-order valence-corrected chi connectivity index (χ2v) is 3.57. The Balaban J connectivity index is 1.91. The first-order valence-corrected chi connectivity index (χ1v) is 3.91. The van der Waals surface area contributed by atoms with Gasteiger partial charge < -0.3 is 15.3 Å². The van der Waals surface area contributed by atoms with Crippen molar-refractivity contribution >= 4 is 6.09 Å². The summed E-state index contributed by atoms with van der Waals surface area (Å²) in [4.78, 5) is 11.9. The van der Waals surface area contributed by atoms with E-state index in [9.17, 15) is 4.79 Å². The van der Waals surface area contributed by atoms with Gasteiger partial charge in [0.15, 0.2) is 0 Å². The maximum atomic E-state index is 10.4. The molecule has 1 spiro atoms. The van der Waals surface area contributed by atoms with Gasteiger partial charge in [-0.2, -0.15) is 0 Å². The predicted molar refractivity (Wildman–Crippen MR) is 39.5 cm³/mol. The Labute approximate surface area is 65.2 Å². The summed E-state index contributed by atoms with van der Waals surface area (Å²) in [6, 6.07) is 0. The molecular weight excluding hydrogens is 144 g/mol. The second kappa shape index (κ2) is 2.11. The third kappa shape index (κ3) is 0.976. The van der Waals surface area contributed by atoms with Crippen LogP contribution >= 0.6 is 0 Å². The van der Waals surface area contributed by atoms with Crippen molar-refractivity contribution in [1.82, 2.24) is 10.2 Å². The van der Waals surface area contributed by atoms with Crippen LogP contribution in [0.25, 0.3) is 0 Å². The van der Waals surface area contributed by atoms with Crippen LogP contribution in [0.1, 0.15) is 6.42 Å². The van der Waals surface area contributed by atoms with Gasteiger partial charge in [0.1, 0.15) is 0 Å². The van der Waals surface area contributed by atoms with E-state index in [0.29, 0.717) is 5.41 Å². The van der Waals surface area contributed by atoms with Crippen molar-refractivity contribution in [3.63, 3.8) is 0 Å². The number of likely N-dealkylation sites (tertiary alicyclic amines) is 1. The van der Waals surface area contributed by atoms with Crippen LogP contribution in [0.4, 0.5) is 4.79 Å². The molecule has 0 unspecified atom stereocenters. The second-order valence-electron chi connectivity index (χ2n) is 3.57. The summed E-state index contributed by atoms with van der Waals surface area (Å²) in [6.07, 6.45) is 0.360. The van der Waals surface area contributed by atoms with Crippen LogP contribution in [-0.2, 0) is 0 Å². The summed E-state index contributed by atoms with van der Waals surface area (Å²) in [5.74, 6) is 0. The molecule has 2 heterocycles. The van der Waals surface area contributed by atoms with Crippen LogP contribution < -0.4 is 5.32 Å². The van der Waals surface area contributed by atoms with E-state index in [1.54, 1.807) is 0 Å². The Morgan fingerprint density at radius 2 is 2.27 bits per heavy atom. The lowest BCUT2D eigenvalue weighted by molar-refractivity contribution is 0.0241. The predicted octanol–water partition coefficient (Wildman–Crippen LogP) is -0.0403. The molecule has 11 heavy (non-hydrogen) atoms. The fourth-order valence-corrected chi connectivity index (χ4v) is 1.96. The van der Waals surface area contributed by atoms with Gasteiger partial charge in [0.2, 0.25) is 0 Å². The van der Waals surface area contributed by atoms with E-state index in [0.717, 1.165) is 32.6 Å². The van der Waals surface area contributed by atoms with Gasteiger partial charge >= 0.3 is 6.09 Å². The van der Waals surface area contributed by atoms with E-state index < -0.39 is 6.09 Å². The number of carbonyl (C=O) groups is 1. The number of hydrogen-bond acceptors (Lipinski definition) is 2. The molecule has 2 aliphatic rings. The van der Waals surface area contributed by atoms with E-state index in [4.69, 9.17) is 5.11 Å². The summed E-state index contributed by atoms with van der Waals surface area (Å²) in [7, 11) is 0. The highest BCUT2D eigenvalue weighted by Gasteiger charge is 2.46. The fraction of sp³-hybridized carbons (Fsp3) is 0.857. The van der Waals surface area contributed by atoms with Gasteiger partial charge in [0.05, 0.1) is 0 Å². The Hall–Kier alpha value is -0.770. The van der Waals surface area contributed by atoms with Crippen LogP contribution in [-0.4, -0.2) is 42.3 Å². The molecule has 0 radical (unpaired) electrons. The first-order valence-electron chi connectivity index (χ1n) is 3.91. The molecule has 4 heteroatoms. The van der Waals surface area contributed by atoms with E-state index in [1.165, 1.54) is 4.90 Å². The lowest BCUT2D eigenvalue weighted by atomic mass is 9.79. The average Bonchev–Trinajstić information content (AvgIpc) is 2.29. The fourth-order valence-electron chi connectivity index (χ4n) is 1.96. The molecule has 4 nitrogen and oxygen atoms in total. The lowest BCUT2D eigenvalue weighted by Gasteiger charge is -2.45. The average molecular weight is 156 g/mol. The normalized spacial score (nSPS) is 27.1. The summed E-state index contributed by atoms with van der Waals surface area (Å²) in [5, 5.41) is 11.8. The quantitative estimate of drug-likeness (QED) is 0.517. The molecule has 1 amide bonds. The first kappa shape index (κ1) is 6.91. The highest BCUT2D eigenvalue weighted by Crippen LogP contribution is 2.35. The number of rotatable bonds is 0. The maximum absolute atomic E-state index is 10.4. The molecule has 0 bridgehead atoms. The molecule has 0 aromatic heterocycles. The van der Waals surface area contributed by atoms with E-state index in [2.05, 4.69) is 5.32 Å². The van der Waals surface area contributed by atoms with Crippen molar-refractivity contribution in [3.8, 4) is 0 Å². The number of hydrogen-bond donors (Lipinski definition) is 2. The molecule has 2 fully saturated rings. The van der Waals surface area contributed by atoms with E-state index >= 15 is 0 Å². The van der Waals surface area contributed by atoms with Crippen molar-refractivity contribution in [2.75, 3.05) is 26.2 Å². The monoisotopic (exact) mass is 156 g/mol. The molecule has 0 aliphatic carbocycles. The van der Waals surface area contributed by atoms with Crippen molar-refractivity contribution in [2.24, 2.45) is 5.41 Å². The summed E-state index contributed by atoms with van der Waals surface area (Å²) in [5.41, 5.74) is 0.304. The number of carboxylic acid groups (broad SMARTS) is 1. The lowest BCUT2D eigenvalue weighted by Crippen LogP contribution is -2.58. The molecular formula is C7H12N2O2. The highest BCUT2D eigenvalue weighted by molar-refractivity contribution is 5.66. The molecule has 2 N–H and O–H groups in total. The van der Waals surface area contributed by atoms with E-state index in [1.807, 2.05) is 0 Å².